The van der Waals surface area contributed by atoms with Crippen LogP contribution >= 0.6 is 11.8 Å². The van der Waals surface area contributed by atoms with E-state index in [0.717, 1.165) is 5.56 Å². The summed E-state index contributed by atoms with van der Waals surface area (Å²) < 4.78 is 5.08. The van der Waals surface area contributed by atoms with E-state index in [0.29, 0.717) is 42.6 Å². The number of hydrogen-bond acceptors (Lipinski definition) is 6. The molecule has 3 rings (SSSR count). The number of amidine groups is 1. The van der Waals surface area contributed by atoms with Gasteiger partial charge in [0.25, 0.3) is 5.91 Å². The van der Waals surface area contributed by atoms with Gasteiger partial charge in [0.1, 0.15) is 5.75 Å². The van der Waals surface area contributed by atoms with E-state index in [1.54, 1.807) is 30.3 Å². The summed E-state index contributed by atoms with van der Waals surface area (Å²) in [6.45, 7) is 3.59. The molecule has 0 unspecified atom stereocenters. The molecule has 0 aromatic heterocycles. The highest BCUT2D eigenvalue weighted by molar-refractivity contribution is 8.18. The average Bonchev–Trinajstić information content (AvgIpc) is 2.98. The van der Waals surface area contributed by atoms with E-state index < -0.39 is 0 Å². The van der Waals surface area contributed by atoms with Crippen LogP contribution in [0, 0.1) is 5.92 Å². The van der Waals surface area contributed by atoms with Crippen molar-refractivity contribution in [1.29, 1.82) is 0 Å². The van der Waals surface area contributed by atoms with Gasteiger partial charge in [-0.2, -0.15) is 4.99 Å². The number of hydrogen-bond donors (Lipinski definition) is 1. The van der Waals surface area contributed by atoms with Crippen molar-refractivity contribution in [3.8, 4) is 5.75 Å². The first-order valence-corrected chi connectivity index (χ1v) is 9.11. The molecule has 2 aliphatic rings. The van der Waals surface area contributed by atoms with E-state index in [1.165, 1.54) is 11.8 Å². The van der Waals surface area contributed by atoms with E-state index in [-0.39, 0.29) is 23.5 Å². The fraction of sp³-hybridized carbons (Fsp3) is 0.389. The molecule has 1 aromatic rings. The fourth-order valence-electron chi connectivity index (χ4n) is 2.82. The standard InChI is InChI=1S/C18H20N2O4S/c1-2-24-17(23)13-7-9-20(10-8-13)18-19-16(22)15(25-18)11-12-3-5-14(21)6-4-12/h3-6,11,13,21H,2,7-10H2,1H3/b15-11+. The van der Waals surface area contributed by atoms with Gasteiger partial charge in [0, 0.05) is 13.1 Å². The maximum atomic E-state index is 12.1. The van der Waals surface area contributed by atoms with Crippen LogP contribution in [0.3, 0.4) is 0 Å². The number of phenolic OH excluding ortho intramolecular Hbond substituents is 1. The number of nitrogens with zero attached hydrogens (tertiary/aromatic N) is 2. The van der Waals surface area contributed by atoms with Crippen LogP contribution in [0.1, 0.15) is 25.3 Å². The molecule has 1 amide bonds. The Balaban J connectivity index is 1.60. The van der Waals surface area contributed by atoms with Gasteiger partial charge in [0.15, 0.2) is 5.17 Å². The van der Waals surface area contributed by atoms with E-state index in [9.17, 15) is 14.7 Å². The van der Waals surface area contributed by atoms with Gasteiger partial charge in [-0.05, 0) is 55.3 Å². The Hall–Kier alpha value is -2.28. The highest BCUT2D eigenvalue weighted by atomic mass is 32.2. The molecule has 2 aliphatic heterocycles. The van der Waals surface area contributed by atoms with E-state index in [2.05, 4.69) is 9.89 Å². The monoisotopic (exact) mass is 360 g/mol. The third kappa shape index (κ3) is 4.22. The predicted molar refractivity (Wildman–Crippen MR) is 97.0 cm³/mol. The molecule has 2 heterocycles. The molecule has 1 N–H and O–H groups in total. The number of benzene rings is 1. The van der Waals surface area contributed by atoms with Crippen LogP contribution < -0.4 is 0 Å². The fourth-order valence-corrected chi connectivity index (χ4v) is 3.79. The highest BCUT2D eigenvalue weighted by Gasteiger charge is 2.31. The van der Waals surface area contributed by atoms with E-state index >= 15 is 0 Å². The molecule has 0 bridgehead atoms. The number of likely N-dealkylation sites (tertiary alicyclic amines) is 1. The summed E-state index contributed by atoms with van der Waals surface area (Å²) in [6.07, 6.45) is 3.20. The summed E-state index contributed by atoms with van der Waals surface area (Å²) >= 11 is 1.35. The van der Waals surface area contributed by atoms with Gasteiger partial charge in [0.05, 0.1) is 17.4 Å². The summed E-state index contributed by atoms with van der Waals surface area (Å²) in [5.41, 5.74) is 0.839. The first kappa shape index (κ1) is 17.5. The maximum absolute atomic E-state index is 12.1. The number of rotatable bonds is 3. The van der Waals surface area contributed by atoms with E-state index in [1.807, 2.05) is 6.92 Å². The van der Waals surface area contributed by atoms with Crippen molar-refractivity contribution in [3.63, 3.8) is 0 Å². The van der Waals surface area contributed by atoms with Gasteiger partial charge >= 0.3 is 5.97 Å². The van der Waals surface area contributed by atoms with Crippen LogP contribution in [0.15, 0.2) is 34.2 Å². The molecule has 6 nitrogen and oxygen atoms in total. The summed E-state index contributed by atoms with van der Waals surface area (Å²) in [7, 11) is 0. The lowest BCUT2D eigenvalue weighted by Crippen LogP contribution is -2.39. The van der Waals surface area contributed by atoms with Crippen molar-refractivity contribution in [2.24, 2.45) is 10.9 Å². The summed E-state index contributed by atoms with van der Waals surface area (Å²) in [5.74, 6) is -0.257. The molecule has 0 saturated carbocycles. The number of piperidine rings is 1. The number of carbonyl (C=O) groups excluding carboxylic acids is 2. The van der Waals surface area contributed by atoms with Crippen molar-refractivity contribution in [2.75, 3.05) is 19.7 Å². The van der Waals surface area contributed by atoms with Gasteiger partial charge in [-0.15, -0.1) is 0 Å². The quantitative estimate of drug-likeness (QED) is 0.659. The van der Waals surface area contributed by atoms with E-state index in [4.69, 9.17) is 4.74 Å². The van der Waals surface area contributed by atoms with Crippen LogP contribution in [0.4, 0.5) is 0 Å². The van der Waals surface area contributed by atoms with Crippen molar-refractivity contribution in [3.05, 3.63) is 34.7 Å². The van der Waals surface area contributed by atoms with Crippen molar-refractivity contribution >= 4 is 34.9 Å². The third-order valence-corrected chi connectivity index (χ3v) is 5.23. The zero-order chi connectivity index (χ0) is 17.8. The molecule has 0 spiro atoms. The molecular weight excluding hydrogens is 340 g/mol. The number of aromatic hydroxyl groups is 1. The largest absolute Gasteiger partial charge is 0.508 e. The molecule has 1 fully saturated rings. The second-order valence-electron chi connectivity index (χ2n) is 5.92. The minimum absolute atomic E-state index is 0.0640. The number of phenols is 1. The van der Waals surface area contributed by atoms with Crippen LogP contribution in [-0.2, 0) is 14.3 Å². The van der Waals surface area contributed by atoms with Crippen molar-refractivity contribution in [1.82, 2.24) is 4.90 Å². The topological polar surface area (TPSA) is 79.2 Å². The summed E-state index contributed by atoms with van der Waals surface area (Å²) in [4.78, 5) is 30.7. The van der Waals surface area contributed by atoms with Crippen LogP contribution in [0.2, 0.25) is 0 Å². The molecule has 7 heteroatoms. The maximum Gasteiger partial charge on any atom is 0.309 e. The zero-order valence-electron chi connectivity index (χ0n) is 14.0. The Morgan fingerprint density at radius 2 is 2.04 bits per heavy atom. The summed E-state index contributed by atoms with van der Waals surface area (Å²) in [5, 5.41) is 10.0. The van der Waals surface area contributed by atoms with Gasteiger partial charge in [0.2, 0.25) is 0 Å². The first-order chi connectivity index (χ1) is 12.1. The molecule has 25 heavy (non-hydrogen) atoms. The number of ether oxygens (including phenoxy) is 1. The second-order valence-corrected chi connectivity index (χ2v) is 6.92. The molecule has 132 valence electrons. The third-order valence-electron chi connectivity index (χ3n) is 4.19. The molecule has 1 aromatic carbocycles. The first-order valence-electron chi connectivity index (χ1n) is 8.30. The predicted octanol–water partition coefficient (Wildman–Crippen LogP) is 2.64. The van der Waals surface area contributed by atoms with Crippen LogP contribution in [0.25, 0.3) is 6.08 Å². The van der Waals surface area contributed by atoms with Crippen LogP contribution in [-0.4, -0.2) is 46.7 Å². The van der Waals surface area contributed by atoms with Gasteiger partial charge in [-0.3, -0.25) is 9.59 Å². The lowest BCUT2D eigenvalue weighted by atomic mass is 9.97. The minimum Gasteiger partial charge on any atom is -0.508 e. The Kier molecular flexibility index (Phi) is 5.43. The number of carbonyl (C=O) groups is 2. The number of aliphatic imine (C=N–C) groups is 1. The number of esters is 1. The van der Waals surface area contributed by atoms with Gasteiger partial charge in [-0.25, -0.2) is 0 Å². The Labute approximate surface area is 150 Å². The normalized spacial score (nSPS) is 20.0. The van der Waals surface area contributed by atoms with Gasteiger partial charge < -0.3 is 14.7 Å². The van der Waals surface area contributed by atoms with Crippen LogP contribution in [0.5, 0.6) is 5.75 Å². The smallest absolute Gasteiger partial charge is 0.309 e. The SMILES string of the molecule is CCOC(=O)C1CCN(C2=NC(=O)/C(=C\c3ccc(O)cc3)S2)CC1. The Bertz CT molecular complexity index is 719. The lowest BCUT2D eigenvalue weighted by molar-refractivity contribution is -0.149. The molecule has 0 aliphatic carbocycles. The summed E-state index contributed by atoms with van der Waals surface area (Å²) in [6, 6.07) is 6.66. The van der Waals surface area contributed by atoms with Crippen molar-refractivity contribution < 1.29 is 19.4 Å². The van der Waals surface area contributed by atoms with Gasteiger partial charge in [-0.1, -0.05) is 12.1 Å². The molecule has 0 atom stereocenters. The lowest BCUT2D eigenvalue weighted by Gasteiger charge is -2.31. The zero-order valence-corrected chi connectivity index (χ0v) is 14.8. The van der Waals surface area contributed by atoms with Crippen molar-refractivity contribution in [2.45, 2.75) is 19.8 Å². The highest BCUT2D eigenvalue weighted by Crippen LogP contribution is 2.32. The average molecular weight is 360 g/mol. The Morgan fingerprint density at radius 3 is 2.68 bits per heavy atom. The molecule has 1 saturated heterocycles. The molecular formula is C18H20N2O4S. The molecule has 0 radical (unpaired) electrons. The minimum atomic E-state index is -0.249. The second kappa shape index (κ2) is 7.74. The number of amides is 1. The Morgan fingerprint density at radius 1 is 1.36 bits per heavy atom. The number of thioether (sulfide) groups is 1.